The highest BCUT2D eigenvalue weighted by molar-refractivity contribution is 6.03. The molecule has 0 aliphatic heterocycles. The summed E-state index contributed by atoms with van der Waals surface area (Å²) in [6.45, 7) is 12.1. The third-order valence-electron chi connectivity index (χ3n) is 4.75. The number of benzene rings is 2. The van der Waals surface area contributed by atoms with Gasteiger partial charge in [-0.25, -0.2) is 4.79 Å². The lowest BCUT2D eigenvalue weighted by molar-refractivity contribution is -0.136. The van der Waals surface area contributed by atoms with Crippen LogP contribution in [0, 0.1) is 0 Å². The third-order valence-corrected chi connectivity index (χ3v) is 4.75. The number of esters is 1. The van der Waals surface area contributed by atoms with Gasteiger partial charge in [0.2, 0.25) is 0 Å². The van der Waals surface area contributed by atoms with Crippen LogP contribution in [0.2, 0.25) is 0 Å². The molecule has 0 heterocycles. The summed E-state index contributed by atoms with van der Waals surface area (Å²) in [7, 11) is 1.27. The molecule has 0 spiro atoms. The molecular weight excluding hydrogens is 378 g/mol. The van der Waals surface area contributed by atoms with Crippen molar-refractivity contribution in [2.24, 2.45) is 0 Å². The third kappa shape index (κ3) is 5.50. The number of carbonyl (C=O) groups excluding carboxylic acids is 2. The van der Waals surface area contributed by atoms with E-state index in [9.17, 15) is 14.7 Å². The highest BCUT2D eigenvalue weighted by Crippen LogP contribution is 2.40. The number of hydrogen-bond donors (Lipinski definition) is 2. The quantitative estimate of drug-likeness (QED) is 0.554. The van der Waals surface area contributed by atoms with E-state index in [1.54, 1.807) is 30.3 Å². The first-order valence-electron chi connectivity index (χ1n) is 9.89. The molecule has 0 fully saturated rings. The van der Waals surface area contributed by atoms with Crippen molar-refractivity contribution in [3.05, 3.63) is 70.4 Å². The normalized spacial score (nSPS) is 12.4. The van der Waals surface area contributed by atoms with Crippen LogP contribution in [0.4, 0.5) is 0 Å². The van der Waals surface area contributed by atoms with Crippen molar-refractivity contribution in [2.45, 2.75) is 52.4 Å². The van der Waals surface area contributed by atoms with Crippen molar-refractivity contribution < 1.29 is 19.4 Å². The van der Waals surface area contributed by atoms with Crippen molar-refractivity contribution >= 4 is 18.0 Å². The Morgan fingerprint density at radius 1 is 0.933 bits per heavy atom. The minimum absolute atomic E-state index is 0.0248. The number of rotatable bonds is 4. The Labute approximate surface area is 178 Å². The minimum atomic E-state index is -0.651. The van der Waals surface area contributed by atoms with Gasteiger partial charge in [-0.05, 0) is 46.7 Å². The van der Waals surface area contributed by atoms with Gasteiger partial charge in [-0.15, -0.1) is 0 Å². The highest BCUT2D eigenvalue weighted by atomic mass is 16.5. The Morgan fingerprint density at radius 3 is 1.87 bits per heavy atom. The Kier molecular flexibility index (Phi) is 6.76. The number of carbonyl (C=O) groups is 2. The smallest absolute Gasteiger partial charge is 0.354 e. The second-order valence-electron chi connectivity index (χ2n) is 9.33. The number of aromatic hydroxyl groups is 1. The molecule has 0 radical (unpaired) electrons. The Hall–Kier alpha value is -3.08. The van der Waals surface area contributed by atoms with Crippen LogP contribution in [-0.2, 0) is 20.4 Å². The molecule has 1 amide bonds. The lowest BCUT2D eigenvalue weighted by Gasteiger charge is -2.28. The van der Waals surface area contributed by atoms with Gasteiger partial charge >= 0.3 is 5.97 Å². The zero-order valence-electron chi connectivity index (χ0n) is 18.8. The molecule has 0 saturated heterocycles. The predicted octanol–water partition coefficient (Wildman–Crippen LogP) is 4.93. The maximum Gasteiger partial charge on any atom is 0.354 e. The van der Waals surface area contributed by atoms with E-state index in [0.717, 1.165) is 11.1 Å². The van der Waals surface area contributed by atoms with Crippen molar-refractivity contribution in [3.63, 3.8) is 0 Å². The fraction of sp³-hybridized carbons (Fsp3) is 0.360. The largest absolute Gasteiger partial charge is 0.507 e. The summed E-state index contributed by atoms with van der Waals surface area (Å²) >= 11 is 0. The Balaban J connectivity index is 2.59. The molecule has 2 aromatic rings. The Morgan fingerprint density at radius 2 is 1.43 bits per heavy atom. The second kappa shape index (κ2) is 8.74. The molecule has 0 aliphatic carbocycles. The molecule has 2 rings (SSSR count). The number of phenolic OH excluding ortho intramolecular Hbond substituents is 1. The zero-order valence-corrected chi connectivity index (χ0v) is 18.8. The summed E-state index contributed by atoms with van der Waals surface area (Å²) in [6, 6.07) is 12.3. The van der Waals surface area contributed by atoms with Gasteiger partial charge in [-0.1, -0.05) is 59.7 Å². The molecule has 30 heavy (non-hydrogen) atoms. The molecular formula is C25H31NO4. The molecule has 5 nitrogen and oxygen atoms in total. The first-order valence-corrected chi connectivity index (χ1v) is 9.89. The van der Waals surface area contributed by atoms with Crippen LogP contribution in [-0.4, -0.2) is 24.1 Å². The van der Waals surface area contributed by atoms with Gasteiger partial charge in [0.25, 0.3) is 5.91 Å². The van der Waals surface area contributed by atoms with Crippen molar-refractivity contribution in [1.29, 1.82) is 0 Å². The van der Waals surface area contributed by atoms with Crippen molar-refractivity contribution in [3.8, 4) is 5.75 Å². The van der Waals surface area contributed by atoms with E-state index in [-0.39, 0.29) is 22.3 Å². The minimum Gasteiger partial charge on any atom is -0.507 e. The van der Waals surface area contributed by atoms with Gasteiger partial charge in [0.05, 0.1) is 7.11 Å². The molecule has 0 aliphatic rings. The lowest BCUT2D eigenvalue weighted by atomic mass is 9.78. The van der Waals surface area contributed by atoms with E-state index < -0.39 is 11.9 Å². The molecule has 0 atom stereocenters. The van der Waals surface area contributed by atoms with Crippen LogP contribution in [0.25, 0.3) is 6.08 Å². The predicted molar refractivity (Wildman–Crippen MR) is 119 cm³/mol. The zero-order chi connectivity index (χ0) is 22.7. The van der Waals surface area contributed by atoms with E-state index in [1.807, 2.05) is 59.7 Å². The van der Waals surface area contributed by atoms with Crippen LogP contribution >= 0.6 is 0 Å². The average Bonchev–Trinajstić information content (AvgIpc) is 2.66. The fourth-order valence-corrected chi connectivity index (χ4v) is 3.09. The lowest BCUT2D eigenvalue weighted by Crippen LogP contribution is -2.28. The maximum atomic E-state index is 12.6. The standard InChI is InChI=1S/C25H31NO4/c1-24(2,3)18-13-16(14-19(21(18)27)25(4,5)6)15-20(23(29)30-7)26-22(28)17-11-9-8-10-12-17/h8-15,27H,1-7H3,(H,26,28)/b20-15-. The van der Waals surface area contributed by atoms with Crippen molar-refractivity contribution in [1.82, 2.24) is 5.32 Å². The highest BCUT2D eigenvalue weighted by Gasteiger charge is 2.26. The van der Waals surface area contributed by atoms with Gasteiger partial charge in [0, 0.05) is 16.7 Å². The summed E-state index contributed by atoms with van der Waals surface area (Å²) in [6.07, 6.45) is 1.58. The summed E-state index contributed by atoms with van der Waals surface area (Å²) in [5.41, 5.74) is 2.05. The molecule has 5 heteroatoms. The molecule has 0 bridgehead atoms. The second-order valence-corrected chi connectivity index (χ2v) is 9.33. The monoisotopic (exact) mass is 409 g/mol. The SMILES string of the molecule is COC(=O)/C(=C/c1cc(C(C)(C)C)c(O)c(C(C)(C)C)c1)NC(=O)c1ccccc1. The van der Waals surface area contributed by atoms with Crippen LogP contribution in [0.3, 0.4) is 0 Å². The van der Waals surface area contributed by atoms with E-state index in [1.165, 1.54) is 7.11 Å². The number of hydrogen-bond acceptors (Lipinski definition) is 4. The average molecular weight is 410 g/mol. The van der Waals surface area contributed by atoms with Crippen LogP contribution in [0.1, 0.15) is 68.6 Å². The fourth-order valence-electron chi connectivity index (χ4n) is 3.09. The maximum absolute atomic E-state index is 12.6. The molecule has 0 aromatic heterocycles. The number of amides is 1. The summed E-state index contributed by atoms with van der Waals surface area (Å²) < 4.78 is 4.87. The van der Waals surface area contributed by atoms with Gasteiger partial charge in [-0.3, -0.25) is 4.79 Å². The summed E-state index contributed by atoms with van der Waals surface area (Å²) in [5.74, 6) is -0.805. The molecule has 160 valence electrons. The first-order chi connectivity index (χ1) is 13.8. The van der Waals surface area contributed by atoms with E-state index in [0.29, 0.717) is 11.1 Å². The van der Waals surface area contributed by atoms with Crippen molar-refractivity contribution in [2.75, 3.05) is 7.11 Å². The summed E-state index contributed by atoms with van der Waals surface area (Å²) in [5, 5.41) is 13.5. The number of methoxy groups -OCH3 is 1. The van der Waals surface area contributed by atoms with E-state index >= 15 is 0 Å². The van der Waals surface area contributed by atoms with Gasteiger partial charge < -0.3 is 15.2 Å². The van der Waals surface area contributed by atoms with Crippen LogP contribution in [0.5, 0.6) is 5.75 Å². The molecule has 0 unspecified atom stereocenters. The van der Waals surface area contributed by atoms with Crippen LogP contribution < -0.4 is 5.32 Å². The number of nitrogens with one attached hydrogen (secondary N) is 1. The topological polar surface area (TPSA) is 75.6 Å². The number of ether oxygens (including phenoxy) is 1. The first kappa shape index (κ1) is 23.2. The van der Waals surface area contributed by atoms with Gasteiger partial charge in [0.1, 0.15) is 11.4 Å². The van der Waals surface area contributed by atoms with E-state index in [2.05, 4.69) is 5.32 Å². The molecule has 0 saturated carbocycles. The molecule has 2 N–H and O–H groups in total. The van der Waals surface area contributed by atoms with E-state index in [4.69, 9.17) is 4.74 Å². The number of phenols is 1. The Bertz CT molecular complexity index is 926. The molecule has 2 aromatic carbocycles. The van der Waals surface area contributed by atoms with Gasteiger partial charge in [0.15, 0.2) is 0 Å². The van der Waals surface area contributed by atoms with Gasteiger partial charge in [-0.2, -0.15) is 0 Å². The summed E-state index contributed by atoms with van der Waals surface area (Å²) in [4.78, 5) is 24.9. The van der Waals surface area contributed by atoms with Crippen LogP contribution in [0.15, 0.2) is 48.2 Å².